The molecule has 20 heavy (non-hydrogen) atoms. The molecule has 4 N–H and O–H groups in total. The maximum absolute atomic E-state index is 11.7. The second-order valence-corrected chi connectivity index (χ2v) is 4.83. The summed E-state index contributed by atoms with van der Waals surface area (Å²) in [5.41, 5.74) is 6.48. The first kappa shape index (κ1) is 12.8. The maximum atomic E-state index is 11.7. The number of nitrogens with two attached hydrogens (primary N) is 1. The molecule has 0 saturated heterocycles. The van der Waals surface area contributed by atoms with Crippen LogP contribution in [0.1, 0.15) is 12.5 Å². The summed E-state index contributed by atoms with van der Waals surface area (Å²) in [5, 5.41) is 9.98. The van der Waals surface area contributed by atoms with Crippen LogP contribution in [0.2, 0.25) is 0 Å². The quantitative estimate of drug-likeness (QED) is 0.641. The standard InChI is InChI=1S/C12H15N5O3/c1-5-6(3-7(18)9(5)20-2)17-4-14-8-10(17)15-12(13)16-11(8)19/h4,6-7,9,18H,1,3H2,2H3,(H3,13,15,16,19)/t6-,7-,9-/m0/s1. The molecule has 1 saturated carbocycles. The third kappa shape index (κ3) is 1.73. The number of H-pyrrole nitrogens is 1. The number of rotatable bonds is 2. The lowest BCUT2D eigenvalue weighted by atomic mass is 10.1. The fourth-order valence-electron chi connectivity index (χ4n) is 2.71. The van der Waals surface area contributed by atoms with Crippen molar-refractivity contribution < 1.29 is 9.84 Å². The first-order valence-electron chi connectivity index (χ1n) is 6.14. The average Bonchev–Trinajstić information content (AvgIpc) is 2.91. The van der Waals surface area contributed by atoms with Gasteiger partial charge in [-0.15, -0.1) is 0 Å². The van der Waals surface area contributed by atoms with Gasteiger partial charge in [0.2, 0.25) is 5.95 Å². The van der Waals surface area contributed by atoms with E-state index in [1.807, 2.05) is 0 Å². The molecule has 2 heterocycles. The molecular formula is C12H15N5O3. The summed E-state index contributed by atoms with van der Waals surface area (Å²) in [5.74, 6) is 0.0247. The Morgan fingerprint density at radius 3 is 3.05 bits per heavy atom. The summed E-state index contributed by atoms with van der Waals surface area (Å²) in [4.78, 5) is 22.3. The minimum absolute atomic E-state index is 0.0247. The highest BCUT2D eigenvalue weighted by molar-refractivity contribution is 5.71. The lowest BCUT2D eigenvalue weighted by molar-refractivity contribution is 0.0268. The SMILES string of the molecule is C=C1[C@H](OC)[C@@H](O)C[C@@H]1n1cnc2c(=O)[nH]c(N)nc21. The van der Waals surface area contributed by atoms with Gasteiger partial charge in [0.15, 0.2) is 11.2 Å². The molecule has 0 bridgehead atoms. The van der Waals surface area contributed by atoms with E-state index < -0.39 is 17.8 Å². The maximum Gasteiger partial charge on any atom is 0.280 e. The molecule has 3 atom stereocenters. The van der Waals surface area contributed by atoms with E-state index in [2.05, 4.69) is 21.5 Å². The Morgan fingerprint density at radius 1 is 1.65 bits per heavy atom. The minimum Gasteiger partial charge on any atom is -0.390 e. The Labute approximate surface area is 113 Å². The monoisotopic (exact) mass is 277 g/mol. The van der Waals surface area contributed by atoms with Crippen molar-refractivity contribution in [3.05, 3.63) is 28.8 Å². The van der Waals surface area contributed by atoms with Crippen molar-refractivity contribution in [1.82, 2.24) is 19.5 Å². The third-order valence-corrected chi connectivity index (χ3v) is 3.65. The molecule has 1 aliphatic carbocycles. The summed E-state index contributed by atoms with van der Waals surface area (Å²) in [6.45, 7) is 3.97. The molecule has 0 unspecified atom stereocenters. The summed E-state index contributed by atoms with van der Waals surface area (Å²) < 4.78 is 6.93. The Morgan fingerprint density at radius 2 is 2.40 bits per heavy atom. The molecule has 0 aliphatic heterocycles. The number of ether oxygens (including phenoxy) is 1. The molecule has 2 aromatic rings. The predicted molar refractivity (Wildman–Crippen MR) is 72.2 cm³/mol. The van der Waals surface area contributed by atoms with E-state index >= 15 is 0 Å². The van der Waals surface area contributed by atoms with E-state index in [4.69, 9.17) is 10.5 Å². The van der Waals surface area contributed by atoms with Gasteiger partial charge in [-0.25, -0.2) is 4.98 Å². The lowest BCUT2D eigenvalue weighted by Crippen LogP contribution is -2.22. The van der Waals surface area contributed by atoms with Crippen molar-refractivity contribution in [2.75, 3.05) is 12.8 Å². The van der Waals surface area contributed by atoms with Gasteiger partial charge in [-0.3, -0.25) is 9.78 Å². The van der Waals surface area contributed by atoms with Crippen molar-refractivity contribution in [3.8, 4) is 0 Å². The smallest absolute Gasteiger partial charge is 0.280 e. The van der Waals surface area contributed by atoms with Crippen LogP contribution >= 0.6 is 0 Å². The molecule has 1 fully saturated rings. The van der Waals surface area contributed by atoms with Crippen molar-refractivity contribution in [3.63, 3.8) is 0 Å². The molecule has 0 amide bonds. The van der Waals surface area contributed by atoms with Crippen LogP contribution in [0.25, 0.3) is 11.2 Å². The zero-order valence-electron chi connectivity index (χ0n) is 10.9. The fraction of sp³-hybridized carbons (Fsp3) is 0.417. The number of imidazole rings is 1. The number of fused-ring (bicyclic) bond motifs is 1. The largest absolute Gasteiger partial charge is 0.390 e. The number of hydrogen-bond donors (Lipinski definition) is 3. The second-order valence-electron chi connectivity index (χ2n) is 4.83. The summed E-state index contributed by atoms with van der Waals surface area (Å²) in [6, 6.07) is -0.228. The Kier molecular flexibility index (Phi) is 2.84. The number of aromatic amines is 1. The van der Waals surface area contributed by atoms with Crippen molar-refractivity contribution >= 4 is 17.1 Å². The molecular weight excluding hydrogens is 262 g/mol. The van der Waals surface area contributed by atoms with Gasteiger partial charge in [0.05, 0.1) is 18.5 Å². The molecule has 106 valence electrons. The Hall–Kier alpha value is -2.19. The van der Waals surface area contributed by atoms with Gasteiger partial charge in [0.25, 0.3) is 5.56 Å². The number of aliphatic hydroxyl groups is 1. The van der Waals surface area contributed by atoms with E-state index in [0.717, 1.165) is 5.57 Å². The summed E-state index contributed by atoms with van der Waals surface area (Å²) in [7, 11) is 1.52. The van der Waals surface area contributed by atoms with E-state index in [1.54, 1.807) is 4.57 Å². The molecule has 8 heteroatoms. The Balaban J connectivity index is 2.12. The van der Waals surface area contributed by atoms with E-state index in [1.165, 1.54) is 13.4 Å². The van der Waals surface area contributed by atoms with E-state index in [9.17, 15) is 9.90 Å². The van der Waals surface area contributed by atoms with Crippen LogP contribution < -0.4 is 11.3 Å². The highest BCUT2D eigenvalue weighted by Gasteiger charge is 2.38. The zero-order chi connectivity index (χ0) is 14.4. The van der Waals surface area contributed by atoms with Gasteiger partial charge in [-0.2, -0.15) is 4.98 Å². The van der Waals surface area contributed by atoms with Crippen LogP contribution in [0, 0.1) is 0 Å². The number of nitrogens with one attached hydrogen (secondary N) is 1. The molecule has 0 radical (unpaired) electrons. The minimum atomic E-state index is -0.644. The molecule has 8 nitrogen and oxygen atoms in total. The predicted octanol–water partition coefficient (Wildman–Crippen LogP) is -0.421. The van der Waals surface area contributed by atoms with Gasteiger partial charge < -0.3 is 20.1 Å². The fourth-order valence-corrected chi connectivity index (χ4v) is 2.71. The van der Waals surface area contributed by atoms with Gasteiger partial charge in [0, 0.05) is 13.5 Å². The summed E-state index contributed by atoms with van der Waals surface area (Å²) in [6.07, 6.45) is 0.857. The van der Waals surface area contributed by atoms with Crippen molar-refractivity contribution in [2.45, 2.75) is 24.7 Å². The third-order valence-electron chi connectivity index (χ3n) is 3.65. The zero-order valence-corrected chi connectivity index (χ0v) is 10.9. The van der Waals surface area contributed by atoms with Crippen LogP contribution in [0.15, 0.2) is 23.3 Å². The topological polar surface area (TPSA) is 119 Å². The number of anilines is 1. The van der Waals surface area contributed by atoms with Crippen molar-refractivity contribution in [2.24, 2.45) is 0 Å². The normalized spacial score (nSPS) is 26.5. The number of hydrogen-bond acceptors (Lipinski definition) is 6. The number of aromatic nitrogens is 4. The second kappa shape index (κ2) is 4.43. The molecule has 2 aromatic heterocycles. The highest BCUT2D eigenvalue weighted by atomic mass is 16.5. The first-order chi connectivity index (χ1) is 9.52. The number of aliphatic hydroxyl groups excluding tert-OH is 1. The summed E-state index contributed by atoms with van der Waals surface area (Å²) >= 11 is 0. The number of methoxy groups -OCH3 is 1. The number of nitrogen functional groups attached to an aromatic ring is 1. The first-order valence-corrected chi connectivity index (χ1v) is 6.14. The van der Waals surface area contributed by atoms with Crippen LogP contribution in [0.3, 0.4) is 0 Å². The van der Waals surface area contributed by atoms with Gasteiger partial charge in [-0.05, 0) is 5.57 Å². The van der Waals surface area contributed by atoms with Gasteiger partial charge in [0.1, 0.15) is 6.10 Å². The molecule has 3 rings (SSSR count). The number of nitrogens with zero attached hydrogens (tertiary/aromatic N) is 3. The van der Waals surface area contributed by atoms with Crippen LogP contribution in [-0.2, 0) is 4.74 Å². The average molecular weight is 277 g/mol. The Bertz CT molecular complexity index is 734. The molecule has 1 aliphatic rings. The lowest BCUT2D eigenvalue weighted by Gasteiger charge is -2.16. The van der Waals surface area contributed by atoms with Crippen LogP contribution in [-0.4, -0.2) is 43.9 Å². The van der Waals surface area contributed by atoms with Gasteiger partial charge >= 0.3 is 0 Å². The van der Waals surface area contributed by atoms with E-state index in [0.29, 0.717) is 12.1 Å². The molecule has 0 spiro atoms. The van der Waals surface area contributed by atoms with Crippen LogP contribution in [0.4, 0.5) is 5.95 Å². The van der Waals surface area contributed by atoms with Gasteiger partial charge in [-0.1, -0.05) is 6.58 Å². The van der Waals surface area contributed by atoms with Crippen molar-refractivity contribution in [1.29, 1.82) is 0 Å². The van der Waals surface area contributed by atoms with Crippen LogP contribution in [0.5, 0.6) is 0 Å². The van der Waals surface area contributed by atoms with E-state index in [-0.39, 0.29) is 17.5 Å². The molecule has 0 aromatic carbocycles. The highest BCUT2D eigenvalue weighted by Crippen LogP contribution is 2.37.